The van der Waals surface area contributed by atoms with E-state index < -0.39 is 0 Å². The quantitative estimate of drug-likeness (QED) is 0.366. The molecule has 0 spiro atoms. The van der Waals surface area contributed by atoms with Crippen LogP contribution in [0.1, 0.15) is 12.0 Å². The first-order chi connectivity index (χ1) is 15.0. The van der Waals surface area contributed by atoms with Crippen molar-refractivity contribution >= 4 is 34.8 Å². The molecule has 7 nitrogen and oxygen atoms in total. The van der Waals surface area contributed by atoms with Crippen LogP contribution in [0, 0.1) is 12.3 Å². The molecule has 0 aliphatic carbocycles. The summed E-state index contributed by atoms with van der Waals surface area (Å²) in [6.07, 6.45) is 6.32. The largest absolute Gasteiger partial charge is 0.495 e. The minimum Gasteiger partial charge on any atom is -0.495 e. The van der Waals surface area contributed by atoms with Crippen molar-refractivity contribution in [1.29, 1.82) is 0 Å². The maximum atomic E-state index is 12.3. The Kier molecular flexibility index (Phi) is 7.63. The first-order valence-corrected chi connectivity index (χ1v) is 10.3. The summed E-state index contributed by atoms with van der Waals surface area (Å²) >= 11 is 6.17. The number of benzene rings is 2. The standard InChI is InChI=1S/C23H26ClN5O2/c1-4-16-6-5-7-18(12-16)27-22(30)14-26-23(25-2)28-19-10-11-29(15-19)20-13-17(24)8-9-21(20)31-3/h1,5-9,12-13,19H,10-11,14-15H2,2-3H3,(H,27,30)(H2,25,26,28). The number of ether oxygens (including phenoxy) is 1. The van der Waals surface area contributed by atoms with Gasteiger partial charge in [-0.2, -0.15) is 0 Å². The Morgan fingerprint density at radius 2 is 2.19 bits per heavy atom. The molecule has 1 atom stereocenters. The second-order valence-electron chi connectivity index (χ2n) is 7.09. The average Bonchev–Trinajstić information content (AvgIpc) is 3.25. The first-order valence-electron chi connectivity index (χ1n) is 9.94. The summed E-state index contributed by atoms with van der Waals surface area (Å²) in [7, 11) is 3.33. The number of nitrogens with zero attached hydrogens (tertiary/aromatic N) is 2. The van der Waals surface area contributed by atoms with E-state index in [2.05, 4.69) is 31.8 Å². The van der Waals surface area contributed by atoms with Crippen LogP contribution in [0.5, 0.6) is 5.75 Å². The molecule has 1 aliphatic heterocycles. The molecule has 0 bridgehead atoms. The Labute approximate surface area is 187 Å². The summed E-state index contributed by atoms with van der Waals surface area (Å²) in [5.41, 5.74) is 2.34. The molecule has 1 unspecified atom stereocenters. The number of anilines is 2. The summed E-state index contributed by atoms with van der Waals surface area (Å²) in [6, 6.07) is 12.9. The van der Waals surface area contributed by atoms with Crippen LogP contribution in [0.15, 0.2) is 47.5 Å². The summed E-state index contributed by atoms with van der Waals surface area (Å²) in [6.45, 7) is 1.71. The summed E-state index contributed by atoms with van der Waals surface area (Å²) in [5, 5.41) is 9.92. The fourth-order valence-corrected chi connectivity index (χ4v) is 3.62. The molecule has 1 fully saturated rings. The smallest absolute Gasteiger partial charge is 0.243 e. The molecular weight excluding hydrogens is 414 g/mol. The van der Waals surface area contributed by atoms with Gasteiger partial charge in [-0.1, -0.05) is 23.6 Å². The van der Waals surface area contributed by atoms with Crippen LogP contribution in [-0.4, -0.2) is 51.7 Å². The van der Waals surface area contributed by atoms with Crippen molar-refractivity contribution in [3.05, 3.63) is 53.1 Å². The van der Waals surface area contributed by atoms with Crippen molar-refractivity contribution in [3.63, 3.8) is 0 Å². The number of amides is 1. The predicted octanol–water partition coefficient (Wildman–Crippen LogP) is 2.71. The van der Waals surface area contributed by atoms with E-state index in [9.17, 15) is 4.79 Å². The van der Waals surface area contributed by atoms with E-state index in [1.807, 2.05) is 24.3 Å². The molecule has 1 amide bonds. The van der Waals surface area contributed by atoms with Crippen LogP contribution in [0.4, 0.5) is 11.4 Å². The van der Waals surface area contributed by atoms with Gasteiger partial charge in [-0.15, -0.1) is 6.42 Å². The molecule has 8 heteroatoms. The van der Waals surface area contributed by atoms with Crippen LogP contribution in [0.2, 0.25) is 5.02 Å². The molecule has 0 aromatic heterocycles. The second kappa shape index (κ2) is 10.6. The number of hydrogen-bond acceptors (Lipinski definition) is 4. The zero-order valence-corrected chi connectivity index (χ0v) is 18.4. The number of hydrogen-bond donors (Lipinski definition) is 3. The predicted molar refractivity (Wildman–Crippen MR) is 126 cm³/mol. The van der Waals surface area contributed by atoms with Crippen LogP contribution in [0.25, 0.3) is 0 Å². The fourth-order valence-electron chi connectivity index (χ4n) is 3.45. The Morgan fingerprint density at radius 1 is 1.35 bits per heavy atom. The third kappa shape index (κ3) is 6.06. The maximum absolute atomic E-state index is 12.3. The lowest BCUT2D eigenvalue weighted by Gasteiger charge is -2.22. The second-order valence-corrected chi connectivity index (χ2v) is 7.53. The van der Waals surface area contributed by atoms with Gasteiger partial charge in [0.1, 0.15) is 5.75 Å². The van der Waals surface area contributed by atoms with Gasteiger partial charge in [0.25, 0.3) is 0 Å². The highest BCUT2D eigenvalue weighted by Crippen LogP contribution is 2.33. The van der Waals surface area contributed by atoms with Gasteiger partial charge in [0, 0.05) is 42.5 Å². The van der Waals surface area contributed by atoms with Crippen LogP contribution in [-0.2, 0) is 4.79 Å². The van der Waals surface area contributed by atoms with Gasteiger partial charge in [-0.3, -0.25) is 9.79 Å². The number of guanidine groups is 1. The number of aliphatic imine (C=N–C) groups is 1. The van der Waals surface area contributed by atoms with Crippen molar-refractivity contribution in [3.8, 4) is 18.1 Å². The third-order valence-corrected chi connectivity index (χ3v) is 5.20. The lowest BCUT2D eigenvalue weighted by atomic mass is 10.2. The SMILES string of the molecule is C#Cc1cccc(NC(=O)CNC(=NC)NC2CCN(c3cc(Cl)ccc3OC)C2)c1. The van der Waals surface area contributed by atoms with Gasteiger partial charge in [0.15, 0.2) is 5.96 Å². The molecule has 3 rings (SSSR count). The molecule has 0 radical (unpaired) electrons. The van der Waals surface area contributed by atoms with E-state index in [4.69, 9.17) is 22.8 Å². The molecule has 31 heavy (non-hydrogen) atoms. The molecule has 0 saturated carbocycles. The monoisotopic (exact) mass is 439 g/mol. The highest BCUT2D eigenvalue weighted by Gasteiger charge is 2.25. The number of methoxy groups -OCH3 is 1. The zero-order chi connectivity index (χ0) is 22.2. The summed E-state index contributed by atoms with van der Waals surface area (Å²) < 4.78 is 5.47. The lowest BCUT2D eigenvalue weighted by Crippen LogP contribution is -2.46. The first kappa shape index (κ1) is 22.3. The number of nitrogens with one attached hydrogen (secondary N) is 3. The number of rotatable bonds is 6. The van der Waals surface area contributed by atoms with Crippen molar-refractivity contribution in [2.24, 2.45) is 4.99 Å². The van der Waals surface area contributed by atoms with Crippen molar-refractivity contribution in [2.45, 2.75) is 12.5 Å². The molecule has 1 heterocycles. The van der Waals surface area contributed by atoms with Gasteiger partial charge >= 0.3 is 0 Å². The topological polar surface area (TPSA) is 78.0 Å². The molecule has 1 aliphatic rings. The Bertz CT molecular complexity index is 1000. The van der Waals surface area contributed by atoms with E-state index >= 15 is 0 Å². The fraction of sp³-hybridized carbons (Fsp3) is 0.304. The van der Waals surface area contributed by atoms with Gasteiger partial charge in [0.2, 0.25) is 5.91 Å². The summed E-state index contributed by atoms with van der Waals surface area (Å²) in [5.74, 6) is 3.72. The Hall–Kier alpha value is -3.37. The minimum atomic E-state index is -0.186. The number of terminal acetylenes is 1. The molecule has 1 saturated heterocycles. The van der Waals surface area contributed by atoms with Gasteiger partial charge < -0.3 is 25.6 Å². The maximum Gasteiger partial charge on any atom is 0.243 e. The van der Waals surface area contributed by atoms with E-state index in [1.54, 1.807) is 32.4 Å². The highest BCUT2D eigenvalue weighted by atomic mass is 35.5. The molecule has 162 valence electrons. The normalized spacial score (nSPS) is 15.9. The van der Waals surface area contributed by atoms with E-state index in [0.29, 0.717) is 22.2 Å². The number of halogens is 1. The minimum absolute atomic E-state index is 0.0819. The van der Waals surface area contributed by atoms with Crippen LogP contribution < -0.4 is 25.6 Å². The number of carbonyl (C=O) groups excluding carboxylic acids is 1. The molecule has 2 aromatic rings. The van der Waals surface area contributed by atoms with Crippen LogP contribution >= 0.6 is 11.6 Å². The van der Waals surface area contributed by atoms with E-state index in [1.165, 1.54) is 0 Å². The highest BCUT2D eigenvalue weighted by molar-refractivity contribution is 6.31. The number of carbonyl (C=O) groups is 1. The van der Waals surface area contributed by atoms with Gasteiger partial charge in [-0.05, 0) is 42.8 Å². The molecule has 2 aromatic carbocycles. The Morgan fingerprint density at radius 3 is 2.94 bits per heavy atom. The third-order valence-electron chi connectivity index (χ3n) is 4.96. The van der Waals surface area contributed by atoms with E-state index in [-0.39, 0.29) is 18.5 Å². The van der Waals surface area contributed by atoms with Gasteiger partial charge in [-0.25, -0.2) is 0 Å². The Balaban J connectivity index is 1.51. The van der Waals surface area contributed by atoms with Gasteiger partial charge in [0.05, 0.1) is 19.3 Å². The van der Waals surface area contributed by atoms with Crippen molar-refractivity contribution in [2.75, 3.05) is 44.0 Å². The van der Waals surface area contributed by atoms with Crippen molar-refractivity contribution in [1.82, 2.24) is 10.6 Å². The molecule has 3 N–H and O–H groups in total. The van der Waals surface area contributed by atoms with Crippen LogP contribution in [0.3, 0.4) is 0 Å². The average molecular weight is 440 g/mol. The molecular formula is C23H26ClN5O2. The lowest BCUT2D eigenvalue weighted by molar-refractivity contribution is -0.115. The van der Waals surface area contributed by atoms with Crippen molar-refractivity contribution < 1.29 is 9.53 Å². The van der Waals surface area contributed by atoms with E-state index in [0.717, 1.165) is 30.9 Å². The summed E-state index contributed by atoms with van der Waals surface area (Å²) in [4.78, 5) is 18.7. The zero-order valence-electron chi connectivity index (χ0n) is 17.6.